The third-order valence-electron chi connectivity index (χ3n) is 2.57. The van der Waals surface area contributed by atoms with Crippen molar-refractivity contribution < 1.29 is 9.21 Å². The highest BCUT2D eigenvalue weighted by Gasteiger charge is 2.11. The van der Waals surface area contributed by atoms with Crippen molar-refractivity contribution in [1.82, 2.24) is 20.4 Å². The predicted molar refractivity (Wildman–Crippen MR) is 78.3 cm³/mol. The van der Waals surface area contributed by atoms with Crippen LogP contribution in [0.25, 0.3) is 11.5 Å². The molecule has 0 fully saturated rings. The van der Waals surface area contributed by atoms with Crippen molar-refractivity contribution in [1.29, 1.82) is 0 Å². The van der Waals surface area contributed by atoms with Gasteiger partial charge in [0.05, 0.1) is 0 Å². The largest absolute Gasteiger partial charge is 0.460 e. The molecule has 0 saturated carbocycles. The molecule has 0 aliphatic carbocycles. The lowest BCUT2D eigenvalue weighted by molar-refractivity contribution is 0.262. The SMILES string of the molecule is Cc1ccc(-c2cc(NC(=O)Nc3nnc(C)s3)n[nH]2)o1. The molecule has 3 N–H and O–H groups in total. The van der Waals surface area contributed by atoms with Crippen LogP contribution in [-0.2, 0) is 0 Å². The summed E-state index contributed by atoms with van der Waals surface area (Å²) in [4.78, 5) is 11.8. The summed E-state index contributed by atoms with van der Waals surface area (Å²) in [6.07, 6.45) is 0. The second-order valence-corrected chi connectivity index (χ2v) is 5.46. The number of hydrogen-bond donors (Lipinski definition) is 3. The van der Waals surface area contributed by atoms with E-state index in [1.807, 2.05) is 26.0 Å². The fraction of sp³-hybridized carbons (Fsp3) is 0.167. The summed E-state index contributed by atoms with van der Waals surface area (Å²) in [5.41, 5.74) is 0.685. The van der Waals surface area contributed by atoms with Crippen LogP contribution in [-0.4, -0.2) is 26.4 Å². The van der Waals surface area contributed by atoms with Crippen LogP contribution in [0.5, 0.6) is 0 Å². The molecule has 0 aliphatic heterocycles. The van der Waals surface area contributed by atoms with E-state index in [2.05, 4.69) is 31.0 Å². The minimum atomic E-state index is -0.431. The molecule has 8 nitrogen and oxygen atoms in total. The summed E-state index contributed by atoms with van der Waals surface area (Å²) in [7, 11) is 0. The van der Waals surface area contributed by atoms with Crippen LogP contribution in [0.15, 0.2) is 22.6 Å². The Hall–Kier alpha value is -2.68. The normalized spacial score (nSPS) is 10.6. The highest BCUT2D eigenvalue weighted by Crippen LogP contribution is 2.22. The molecular weight excluding hydrogens is 292 g/mol. The Bertz CT molecular complexity index is 774. The number of aromatic amines is 1. The summed E-state index contributed by atoms with van der Waals surface area (Å²) >= 11 is 1.29. The van der Waals surface area contributed by atoms with Gasteiger partial charge in [0.15, 0.2) is 11.6 Å². The molecule has 3 aromatic rings. The van der Waals surface area contributed by atoms with E-state index in [0.29, 0.717) is 22.4 Å². The maximum absolute atomic E-state index is 11.8. The number of H-pyrrole nitrogens is 1. The molecule has 3 aromatic heterocycles. The van der Waals surface area contributed by atoms with Crippen LogP contribution in [0.4, 0.5) is 15.7 Å². The van der Waals surface area contributed by atoms with Gasteiger partial charge in [0, 0.05) is 6.07 Å². The van der Waals surface area contributed by atoms with E-state index in [1.54, 1.807) is 6.07 Å². The predicted octanol–water partition coefficient (Wildman–Crippen LogP) is 2.78. The van der Waals surface area contributed by atoms with Gasteiger partial charge in [-0.25, -0.2) is 4.79 Å². The summed E-state index contributed by atoms with van der Waals surface area (Å²) in [5.74, 6) is 1.85. The first kappa shape index (κ1) is 13.3. The highest BCUT2D eigenvalue weighted by molar-refractivity contribution is 7.15. The quantitative estimate of drug-likeness (QED) is 0.689. The molecule has 0 saturated heterocycles. The van der Waals surface area contributed by atoms with Gasteiger partial charge in [-0.1, -0.05) is 11.3 Å². The Morgan fingerprint density at radius 1 is 1.29 bits per heavy atom. The first-order valence-electron chi connectivity index (χ1n) is 6.10. The van der Waals surface area contributed by atoms with Gasteiger partial charge in [-0.2, -0.15) is 5.10 Å². The number of urea groups is 1. The summed E-state index contributed by atoms with van der Waals surface area (Å²) in [6, 6.07) is 4.94. The first-order chi connectivity index (χ1) is 10.1. The summed E-state index contributed by atoms with van der Waals surface area (Å²) < 4.78 is 5.47. The standard InChI is InChI=1S/C12H12N6O2S/c1-6-3-4-9(20-6)8-5-10(17-16-8)13-11(19)14-12-18-15-7(2)21-12/h3-5H,1-2H3,(H3,13,14,16,17,18,19). The number of nitrogens with zero attached hydrogens (tertiary/aromatic N) is 3. The fourth-order valence-electron chi connectivity index (χ4n) is 1.68. The molecule has 0 radical (unpaired) electrons. The lowest BCUT2D eigenvalue weighted by atomic mass is 10.3. The molecule has 0 aliphatic rings. The van der Waals surface area contributed by atoms with E-state index in [9.17, 15) is 4.79 Å². The molecule has 108 valence electrons. The topological polar surface area (TPSA) is 109 Å². The number of furan rings is 1. The van der Waals surface area contributed by atoms with Crippen LogP contribution >= 0.6 is 11.3 Å². The zero-order chi connectivity index (χ0) is 14.8. The Balaban J connectivity index is 1.65. The first-order valence-corrected chi connectivity index (χ1v) is 6.92. The van der Waals surface area contributed by atoms with E-state index in [0.717, 1.165) is 10.8 Å². The number of aromatic nitrogens is 4. The van der Waals surface area contributed by atoms with Crippen LogP contribution < -0.4 is 10.6 Å². The number of nitrogens with one attached hydrogen (secondary N) is 3. The molecule has 21 heavy (non-hydrogen) atoms. The van der Waals surface area contributed by atoms with E-state index in [4.69, 9.17) is 4.42 Å². The molecular formula is C12H12N6O2S. The summed E-state index contributed by atoms with van der Waals surface area (Å²) in [5, 5.41) is 20.8. The smallest absolute Gasteiger partial charge is 0.326 e. The maximum atomic E-state index is 11.8. The Kier molecular flexibility index (Phi) is 3.40. The van der Waals surface area contributed by atoms with Crippen molar-refractivity contribution in [3.8, 4) is 11.5 Å². The number of hydrogen-bond acceptors (Lipinski definition) is 6. The van der Waals surface area contributed by atoms with Crippen molar-refractivity contribution in [2.24, 2.45) is 0 Å². The van der Waals surface area contributed by atoms with Crippen molar-refractivity contribution in [3.05, 3.63) is 29.0 Å². The maximum Gasteiger partial charge on any atom is 0.326 e. The van der Waals surface area contributed by atoms with Crippen molar-refractivity contribution in [3.63, 3.8) is 0 Å². The number of carbonyl (C=O) groups is 1. The van der Waals surface area contributed by atoms with Gasteiger partial charge < -0.3 is 4.42 Å². The molecule has 0 aromatic carbocycles. The number of rotatable bonds is 3. The zero-order valence-electron chi connectivity index (χ0n) is 11.3. The molecule has 2 amide bonds. The minimum absolute atomic E-state index is 0.387. The summed E-state index contributed by atoms with van der Waals surface area (Å²) in [6.45, 7) is 3.67. The minimum Gasteiger partial charge on any atom is -0.460 e. The average molecular weight is 304 g/mol. The highest BCUT2D eigenvalue weighted by atomic mass is 32.1. The lowest BCUT2D eigenvalue weighted by Gasteiger charge is -2.00. The average Bonchev–Trinajstić information content (AvgIpc) is 3.12. The monoisotopic (exact) mass is 304 g/mol. The molecule has 0 bridgehead atoms. The third-order valence-corrected chi connectivity index (χ3v) is 3.33. The van der Waals surface area contributed by atoms with E-state index in [1.165, 1.54) is 11.3 Å². The Labute approximate surface area is 123 Å². The van der Waals surface area contributed by atoms with E-state index in [-0.39, 0.29) is 0 Å². The van der Waals surface area contributed by atoms with Crippen molar-refractivity contribution in [2.75, 3.05) is 10.6 Å². The Morgan fingerprint density at radius 2 is 2.14 bits per heavy atom. The van der Waals surface area contributed by atoms with Gasteiger partial charge in [0.25, 0.3) is 0 Å². The fourth-order valence-corrected chi connectivity index (χ4v) is 2.27. The van der Waals surface area contributed by atoms with Gasteiger partial charge in [-0.05, 0) is 26.0 Å². The molecule has 0 unspecified atom stereocenters. The second kappa shape index (κ2) is 5.37. The van der Waals surface area contributed by atoms with Gasteiger partial charge >= 0.3 is 6.03 Å². The van der Waals surface area contributed by atoms with E-state index >= 15 is 0 Å². The van der Waals surface area contributed by atoms with Gasteiger partial charge in [-0.3, -0.25) is 15.7 Å². The second-order valence-electron chi connectivity index (χ2n) is 4.28. The van der Waals surface area contributed by atoms with Crippen LogP contribution in [0.2, 0.25) is 0 Å². The zero-order valence-corrected chi connectivity index (χ0v) is 12.1. The number of anilines is 2. The van der Waals surface area contributed by atoms with Crippen LogP contribution in [0.3, 0.4) is 0 Å². The molecule has 9 heteroatoms. The van der Waals surface area contributed by atoms with Gasteiger partial charge in [0.2, 0.25) is 5.13 Å². The van der Waals surface area contributed by atoms with Gasteiger partial charge in [-0.15, -0.1) is 10.2 Å². The van der Waals surface area contributed by atoms with Crippen LogP contribution in [0, 0.1) is 13.8 Å². The number of aryl methyl sites for hydroxylation is 2. The Morgan fingerprint density at radius 3 is 2.81 bits per heavy atom. The lowest BCUT2D eigenvalue weighted by Crippen LogP contribution is -2.19. The molecule has 3 heterocycles. The molecule has 0 spiro atoms. The third kappa shape index (κ3) is 3.08. The molecule has 3 rings (SSSR count). The number of amides is 2. The van der Waals surface area contributed by atoms with E-state index < -0.39 is 6.03 Å². The molecule has 0 atom stereocenters. The van der Waals surface area contributed by atoms with Crippen molar-refractivity contribution >= 4 is 28.3 Å². The van der Waals surface area contributed by atoms with Crippen molar-refractivity contribution in [2.45, 2.75) is 13.8 Å². The number of carbonyl (C=O) groups excluding carboxylic acids is 1. The van der Waals surface area contributed by atoms with Gasteiger partial charge in [0.1, 0.15) is 16.5 Å². The van der Waals surface area contributed by atoms with Crippen LogP contribution in [0.1, 0.15) is 10.8 Å².